The van der Waals surface area contributed by atoms with Crippen molar-refractivity contribution >= 4 is 21.8 Å². The van der Waals surface area contributed by atoms with E-state index in [1.807, 2.05) is 0 Å². The zero-order chi connectivity index (χ0) is 14.7. The second-order valence-corrected chi connectivity index (χ2v) is 5.05. The molecule has 0 radical (unpaired) electrons. The Bertz CT molecular complexity index is 674. The molecule has 20 heavy (non-hydrogen) atoms. The molecule has 0 aliphatic rings. The Hall–Kier alpha value is -2.08. The normalized spacial score (nSPS) is 11.4. The van der Waals surface area contributed by atoms with E-state index in [9.17, 15) is 4.39 Å². The number of rotatable bonds is 3. The van der Waals surface area contributed by atoms with E-state index in [1.165, 1.54) is 12.1 Å². The predicted octanol–water partition coefficient (Wildman–Crippen LogP) is 3.78. The molecule has 0 aliphatic heterocycles. The van der Waals surface area contributed by atoms with E-state index in [0.717, 1.165) is 4.47 Å². The van der Waals surface area contributed by atoms with E-state index in [1.54, 1.807) is 31.2 Å². The number of halogens is 2. The average molecular weight is 339 g/mol. The van der Waals surface area contributed by atoms with Gasteiger partial charge in [-0.25, -0.2) is 4.39 Å². The first kappa shape index (κ1) is 14.3. The van der Waals surface area contributed by atoms with Gasteiger partial charge in [0.15, 0.2) is 5.84 Å². The van der Waals surface area contributed by atoms with E-state index >= 15 is 0 Å². The van der Waals surface area contributed by atoms with Gasteiger partial charge in [-0.1, -0.05) is 21.1 Å². The lowest BCUT2D eigenvalue weighted by Gasteiger charge is -2.11. The van der Waals surface area contributed by atoms with Crippen LogP contribution in [0, 0.1) is 12.7 Å². The third kappa shape index (κ3) is 3.08. The summed E-state index contributed by atoms with van der Waals surface area (Å²) in [6.07, 6.45) is 0. The molecule has 3 N–H and O–H groups in total. The molecule has 0 atom stereocenters. The molecule has 2 aromatic rings. The van der Waals surface area contributed by atoms with E-state index in [-0.39, 0.29) is 11.7 Å². The molecule has 0 fully saturated rings. The zero-order valence-corrected chi connectivity index (χ0v) is 12.2. The largest absolute Gasteiger partial charge is 0.457 e. The Morgan fingerprint density at radius 3 is 2.70 bits per heavy atom. The van der Waals surface area contributed by atoms with Gasteiger partial charge in [-0.15, -0.1) is 0 Å². The van der Waals surface area contributed by atoms with E-state index in [4.69, 9.17) is 15.7 Å². The van der Waals surface area contributed by atoms with Gasteiger partial charge < -0.3 is 15.7 Å². The molecule has 2 rings (SSSR count). The van der Waals surface area contributed by atoms with Crippen molar-refractivity contribution in [2.24, 2.45) is 10.9 Å². The molecule has 6 heteroatoms. The highest BCUT2D eigenvalue weighted by molar-refractivity contribution is 9.10. The first-order chi connectivity index (χ1) is 9.51. The molecule has 0 heterocycles. The highest BCUT2D eigenvalue weighted by atomic mass is 79.9. The summed E-state index contributed by atoms with van der Waals surface area (Å²) in [6.45, 7) is 1.65. The van der Waals surface area contributed by atoms with Crippen LogP contribution in [0.3, 0.4) is 0 Å². The van der Waals surface area contributed by atoms with Crippen LogP contribution in [0.15, 0.2) is 46.0 Å². The van der Waals surface area contributed by atoms with Crippen molar-refractivity contribution in [3.63, 3.8) is 0 Å². The number of amidine groups is 1. The minimum absolute atomic E-state index is 0.0636. The first-order valence-electron chi connectivity index (χ1n) is 5.72. The van der Waals surface area contributed by atoms with Gasteiger partial charge >= 0.3 is 0 Å². The fraction of sp³-hybridized carbons (Fsp3) is 0.0714. The third-order valence-electron chi connectivity index (χ3n) is 2.68. The van der Waals surface area contributed by atoms with Gasteiger partial charge in [-0.2, -0.15) is 0 Å². The molecule has 2 aromatic carbocycles. The quantitative estimate of drug-likeness (QED) is 0.387. The molecule has 104 valence electrons. The van der Waals surface area contributed by atoms with Gasteiger partial charge in [0, 0.05) is 4.47 Å². The van der Waals surface area contributed by atoms with Gasteiger partial charge in [0.2, 0.25) is 0 Å². The third-order valence-corrected chi connectivity index (χ3v) is 3.18. The smallest absolute Gasteiger partial charge is 0.173 e. The number of hydrogen-bond acceptors (Lipinski definition) is 3. The minimum atomic E-state index is -0.303. The van der Waals surface area contributed by atoms with E-state index in [0.29, 0.717) is 22.6 Å². The van der Waals surface area contributed by atoms with Crippen LogP contribution in [0.5, 0.6) is 11.5 Å². The predicted molar refractivity (Wildman–Crippen MR) is 77.9 cm³/mol. The fourth-order valence-electron chi connectivity index (χ4n) is 1.65. The monoisotopic (exact) mass is 338 g/mol. The van der Waals surface area contributed by atoms with Crippen LogP contribution in [-0.2, 0) is 0 Å². The van der Waals surface area contributed by atoms with Gasteiger partial charge in [-0.3, -0.25) is 0 Å². The van der Waals surface area contributed by atoms with Crippen molar-refractivity contribution in [2.45, 2.75) is 6.92 Å². The molecule has 0 saturated heterocycles. The minimum Gasteiger partial charge on any atom is -0.457 e. The van der Waals surface area contributed by atoms with Gasteiger partial charge in [0.05, 0.1) is 5.56 Å². The number of aryl methyl sites for hydroxylation is 1. The number of ether oxygens (including phenoxy) is 1. The molecule has 0 saturated carbocycles. The van der Waals surface area contributed by atoms with Crippen molar-refractivity contribution < 1.29 is 14.3 Å². The lowest BCUT2D eigenvalue weighted by molar-refractivity contribution is 0.318. The standard InChI is InChI=1S/C14H12BrFN2O2/c1-8-6-10(3-5-12(8)16)20-13-7-9(15)2-4-11(13)14(17)18-19/h2-7,19H,1H3,(H2,17,18). The molecule has 4 nitrogen and oxygen atoms in total. The van der Waals surface area contributed by atoms with Gasteiger partial charge in [0.1, 0.15) is 17.3 Å². The highest BCUT2D eigenvalue weighted by Crippen LogP contribution is 2.29. The highest BCUT2D eigenvalue weighted by Gasteiger charge is 2.11. The SMILES string of the molecule is Cc1cc(Oc2cc(Br)ccc2/C(N)=N/O)ccc1F. The van der Waals surface area contributed by atoms with Crippen LogP contribution in [0.25, 0.3) is 0 Å². The van der Waals surface area contributed by atoms with E-state index < -0.39 is 0 Å². The fourth-order valence-corrected chi connectivity index (χ4v) is 1.99. The summed E-state index contributed by atoms with van der Waals surface area (Å²) in [7, 11) is 0. The summed E-state index contributed by atoms with van der Waals surface area (Å²) in [4.78, 5) is 0. The average Bonchev–Trinajstić information content (AvgIpc) is 2.42. The maximum Gasteiger partial charge on any atom is 0.173 e. The number of hydrogen-bond donors (Lipinski definition) is 2. The summed E-state index contributed by atoms with van der Waals surface area (Å²) in [5.74, 6) is 0.504. The van der Waals surface area contributed by atoms with Gasteiger partial charge in [-0.05, 0) is 48.9 Å². The summed E-state index contributed by atoms with van der Waals surface area (Å²) < 4.78 is 19.7. The number of oxime groups is 1. The molecule has 0 amide bonds. The van der Waals surface area contributed by atoms with Gasteiger partial charge in [0.25, 0.3) is 0 Å². The second-order valence-electron chi connectivity index (χ2n) is 4.14. The lowest BCUT2D eigenvalue weighted by Crippen LogP contribution is -2.14. The molecule has 0 bridgehead atoms. The summed E-state index contributed by atoms with van der Waals surface area (Å²) in [6, 6.07) is 9.50. The molecule has 0 aromatic heterocycles. The van der Waals surface area contributed by atoms with Crippen LogP contribution < -0.4 is 10.5 Å². The maximum absolute atomic E-state index is 13.2. The van der Waals surface area contributed by atoms with Crippen molar-refractivity contribution in [1.82, 2.24) is 0 Å². The Morgan fingerprint density at radius 2 is 2.05 bits per heavy atom. The number of nitrogens with zero attached hydrogens (tertiary/aromatic N) is 1. The molecular weight excluding hydrogens is 327 g/mol. The second kappa shape index (κ2) is 5.92. The molecule has 0 aliphatic carbocycles. The molecule has 0 unspecified atom stereocenters. The van der Waals surface area contributed by atoms with Crippen molar-refractivity contribution in [3.8, 4) is 11.5 Å². The van der Waals surface area contributed by atoms with Crippen LogP contribution in [-0.4, -0.2) is 11.0 Å². The lowest BCUT2D eigenvalue weighted by atomic mass is 10.2. The number of benzene rings is 2. The zero-order valence-electron chi connectivity index (χ0n) is 10.6. The van der Waals surface area contributed by atoms with Crippen LogP contribution >= 0.6 is 15.9 Å². The molecular formula is C14H12BrFN2O2. The summed E-state index contributed by atoms with van der Waals surface area (Å²) in [5.41, 5.74) is 6.51. The first-order valence-corrected chi connectivity index (χ1v) is 6.52. The maximum atomic E-state index is 13.2. The topological polar surface area (TPSA) is 67.8 Å². The number of nitrogens with two attached hydrogens (primary N) is 1. The van der Waals surface area contributed by atoms with Crippen LogP contribution in [0.4, 0.5) is 4.39 Å². The Labute approximate surface area is 123 Å². The van der Waals surface area contributed by atoms with E-state index in [2.05, 4.69) is 21.1 Å². The van der Waals surface area contributed by atoms with Crippen LogP contribution in [0.1, 0.15) is 11.1 Å². The summed E-state index contributed by atoms with van der Waals surface area (Å²) in [5, 5.41) is 11.7. The van der Waals surface area contributed by atoms with Crippen molar-refractivity contribution in [3.05, 3.63) is 57.8 Å². The Kier molecular flexibility index (Phi) is 4.24. The Balaban J connectivity index is 2.41. The van der Waals surface area contributed by atoms with Crippen molar-refractivity contribution in [1.29, 1.82) is 0 Å². The van der Waals surface area contributed by atoms with Crippen LogP contribution in [0.2, 0.25) is 0 Å². The van der Waals surface area contributed by atoms with Crippen molar-refractivity contribution in [2.75, 3.05) is 0 Å². The molecule has 0 spiro atoms. The Morgan fingerprint density at radius 1 is 1.30 bits per heavy atom. The summed E-state index contributed by atoms with van der Waals surface area (Å²) >= 11 is 3.32.